The zero-order valence-electron chi connectivity index (χ0n) is 20.2. The van der Waals surface area contributed by atoms with E-state index in [9.17, 15) is 14.4 Å². The van der Waals surface area contributed by atoms with Crippen LogP contribution in [0.5, 0.6) is 0 Å². The number of hydrogen-bond acceptors (Lipinski definition) is 5. The second-order valence-corrected chi connectivity index (χ2v) is 9.70. The lowest BCUT2D eigenvalue weighted by Gasteiger charge is -2.34. The number of Topliss-reactive ketones (excluding diaryl/α,β-unsaturated/α-hetero) is 1. The first-order valence-electron chi connectivity index (χ1n) is 12.1. The SMILES string of the molecule is CCN(CC)CC[C@H]1CC2(CCC(CCC(=O)[C@H](C=C(C)C)NC(C)=O)CC2)C(=O)O1. The summed E-state index contributed by atoms with van der Waals surface area (Å²) in [5.74, 6) is 0.335. The van der Waals surface area contributed by atoms with Crippen molar-refractivity contribution in [2.75, 3.05) is 19.6 Å². The number of ketones is 1. The van der Waals surface area contributed by atoms with Crippen molar-refractivity contribution in [3.8, 4) is 0 Å². The minimum Gasteiger partial charge on any atom is -0.462 e. The van der Waals surface area contributed by atoms with Crippen LogP contribution in [-0.4, -0.2) is 54.3 Å². The van der Waals surface area contributed by atoms with Gasteiger partial charge in [-0.3, -0.25) is 14.4 Å². The largest absolute Gasteiger partial charge is 0.462 e. The van der Waals surface area contributed by atoms with Crippen molar-refractivity contribution in [3.63, 3.8) is 0 Å². The van der Waals surface area contributed by atoms with Crippen molar-refractivity contribution >= 4 is 17.7 Å². The maximum atomic E-state index is 12.7. The Labute approximate surface area is 188 Å². The van der Waals surface area contributed by atoms with Crippen molar-refractivity contribution in [2.24, 2.45) is 11.3 Å². The minimum absolute atomic E-state index is 0.000791. The van der Waals surface area contributed by atoms with E-state index in [0.717, 1.165) is 70.2 Å². The van der Waals surface area contributed by atoms with E-state index >= 15 is 0 Å². The smallest absolute Gasteiger partial charge is 0.312 e. The van der Waals surface area contributed by atoms with Gasteiger partial charge in [0.2, 0.25) is 5.91 Å². The lowest BCUT2D eigenvalue weighted by Crippen LogP contribution is -2.38. The standard InChI is InChI=1S/C25H42N2O4/c1-6-27(7-2)15-12-21-17-25(24(30)31-21)13-10-20(11-14-25)8-9-23(29)22(16-18(3)4)26-19(5)28/h16,20-22H,6-15,17H2,1-5H3,(H,26,28)/t20?,21-,22-,25?/m0/s1. The monoisotopic (exact) mass is 434 g/mol. The summed E-state index contributed by atoms with van der Waals surface area (Å²) in [6, 6.07) is -0.534. The Morgan fingerprint density at radius 2 is 1.81 bits per heavy atom. The summed E-state index contributed by atoms with van der Waals surface area (Å²) in [7, 11) is 0. The van der Waals surface area contributed by atoms with Crippen LogP contribution in [0.1, 0.15) is 86.0 Å². The molecule has 2 fully saturated rings. The summed E-state index contributed by atoms with van der Waals surface area (Å²) >= 11 is 0. The number of nitrogens with one attached hydrogen (secondary N) is 1. The summed E-state index contributed by atoms with van der Waals surface area (Å²) < 4.78 is 5.77. The molecule has 1 aliphatic heterocycles. The molecule has 1 aliphatic carbocycles. The fourth-order valence-electron chi connectivity index (χ4n) is 5.06. The van der Waals surface area contributed by atoms with Gasteiger partial charge in [-0.15, -0.1) is 0 Å². The van der Waals surface area contributed by atoms with E-state index in [1.54, 1.807) is 0 Å². The van der Waals surface area contributed by atoms with Gasteiger partial charge in [0.25, 0.3) is 0 Å². The maximum absolute atomic E-state index is 12.7. The van der Waals surface area contributed by atoms with Crippen molar-refractivity contribution in [2.45, 2.75) is 98.1 Å². The number of cyclic esters (lactones) is 1. The molecule has 2 rings (SSSR count). The van der Waals surface area contributed by atoms with Crippen molar-refractivity contribution < 1.29 is 19.1 Å². The molecule has 1 heterocycles. The van der Waals surface area contributed by atoms with Crippen LogP contribution >= 0.6 is 0 Å². The highest BCUT2D eigenvalue weighted by Crippen LogP contribution is 2.49. The highest BCUT2D eigenvalue weighted by Gasteiger charge is 2.50. The number of esters is 1. The highest BCUT2D eigenvalue weighted by atomic mass is 16.6. The van der Waals surface area contributed by atoms with Crippen LogP contribution in [-0.2, 0) is 19.1 Å². The molecule has 6 heteroatoms. The van der Waals surface area contributed by atoms with Crippen LogP contribution in [0.25, 0.3) is 0 Å². The minimum atomic E-state index is -0.534. The summed E-state index contributed by atoms with van der Waals surface area (Å²) in [4.78, 5) is 39.1. The molecule has 0 aromatic rings. The number of carbonyl (C=O) groups excluding carboxylic acids is 3. The molecule has 2 aliphatic rings. The Morgan fingerprint density at radius 1 is 1.16 bits per heavy atom. The van der Waals surface area contributed by atoms with Crippen molar-refractivity contribution in [1.82, 2.24) is 10.2 Å². The van der Waals surface area contributed by atoms with Gasteiger partial charge in [0.05, 0.1) is 5.41 Å². The van der Waals surface area contributed by atoms with Crippen LogP contribution in [0.2, 0.25) is 0 Å². The third-order valence-corrected chi connectivity index (χ3v) is 7.05. The fourth-order valence-corrected chi connectivity index (χ4v) is 5.06. The molecule has 1 amide bonds. The fraction of sp³-hybridized carbons (Fsp3) is 0.800. The molecule has 176 valence electrons. The van der Waals surface area contributed by atoms with Crippen LogP contribution < -0.4 is 5.32 Å². The van der Waals surface area contributed by atoms with E-state index in [4.69, 9.17) is 4.74 Å². The van der Waals surface area contributed by atoms with Gasteiger partial charge in [-0.2, -0.15) is 0 Å². The molecule has 2 atom stereocenters. The van der Waals surface area contributed by atoms with Crippen LogP contribution in [0.3, 0.4) is 0 Å². The first-order chi connectivity index (χ1) is 14.7. The number of hydrogen-bond donors (Lipinski definition) is 1. The molecule has 1 saturated carbocycles. The molecule has 0 radical (unpaired) electrons. The third kappa shape index (κ3) is 7.44. The van der Waals surface area contributed by atoms with Gasteiger partial charge < -0.3 is 15.0 Å². The first kappa shape index (κ1) is 25.6. The molecule has 1 spiro atoms. The lowest BCUT2D eigenvalue weighted by atomic mass is 9.68. The van der Waals surface area contributed by atoms with Gasteiger partial charge in [0, 0.05) is 26.3 Å². The molecule has 0 bridgehead atoms. The number of nitrogens with zero attached hydrogens (tertiary/aromatic N) is 1. The predicted octanol–water partition coefficient (Wildman–Crippen LogP) is 4.03. The number of carbonyl (C=O) groups is 3. The molecule has 1 saturated heterocycles. The molecular formula is C25H42N2O4. The summed E-state index contributed by atoms with van der Waals surface area (Å²) in [6.07, 6.45) is 8.61. The Balaban J connectivity index is 1.81. The Hall–Kier alpha value is -1.69. The van der Waals surface area contributed by atoms with Gasteiger partial charge in [-0.1, -0.05) is 25.5 Å². The number of rotatable bonds is 11. The molecular weight excluding hydrogens is 392 g/mol. The van der Waals surface area contributed by atoms with Crippen LogP contribution in [0.15, 0.2) is 11.6 Å². The van der Waals surface area contributed by atoms with E-state index in [1.165, 1.54) is 6.92 Å². The van der Waals surface area contributed by atoms with E-state index in [-0.39, 0.29) is 29.2 Å². The molecule has 0 unspecified atom stereocenters. The lowest BCUT2D eigenvalue weighted by molar-refractivity contribution is -0.150. The number of amides is 1. The quantitative estimate of drug-likeness (QED) is 0.392. The van der Waals surface area contributed by atoms with Gasteiger partial charge in [-0.25, -0.2) is 0 Å². The third-order valence-electron chi connectivity index (χ3n) is 7.05. The van der Waals surface area contributed by atoms with Crippen LogP contribution in [0.4, 0.5) is 0 Å². The van der Waals surface area contributed by atoms with E-state index < -0.39 is 6.04 Å². The predicted molar refractivity (Wildman–Crippen MR) is 123 cm³/mol. The van der Waals surface area contributed by atoms with Crippen LogP contribution in [0, 0.1) is 11.3 Å². The Kier molecular flexibility index (Phi) is 9.73. The van der Waals surface area contributed by atoms with Gasteiger partial charge in [0.15, 0.2) is 5.78 Å². The zero-order chi connectivity index (χ0) is 23.0. The average molecular weight is 435 g/mol. The number of ether oxygens (including phenoxy) is 1. The zero-order valence-corrected chi connectivity index (χ0v) is 20.2. The highest BCUT2D eigenvalue weighted by molar-refractivity contribution is 5.90. The normalized spacial score (nSPS) is 26.6. The summed E-state index contributed by atoms with van der Waals surface area (Å²) in [5, 5.41) is 2.75. The first-order valence-corrected chi connectivity index (χ1v) is 12.1. The van der Waals surface area contributed by atoms with Crippen molar-refractivity contribution in [1.29, 1.82) is 0 Å². The molecule has 31 heavy (non-hydrogen) atoms. The van der Waals surface area contributed by atoms with Gasteiger partial charge in [-0.05, 0) is 71.4 Å². The average Bonchev–Trinajstić information content (AvgIpc) is 3.02. The van der Waals surface area contributed by atoms with Gasteiger partial charge in [0.1, 0.15) is 12.1 Å². The maximum Gasteiger partial charge on any atom is 0.312 e. The van der Waals surface area contributed by atoms with E-state index in [2.05, 4.69) is 24.1 Å². The molecule has 0 aromatic heterocycles. The second-order valence-electron chi connectivity index (χ2n) is 9.70. The summed E-state index contributed by atoms with van der Waals surface area (Å²) in [6.45, 7) is 12.7. The molecule has 1 N–H and O–H groups in total. The topological polar surface area (TPSA) is 75.7 Å². The van der Waals surface area contributed by atoms with Crippen molar-refractivity contribution in [3.05, 3.63) is 11.6 Å². The summed E-state index contributed by atoms with van der Waals surface area (Å²) in [5.41, 5.74) is 0.719. The second kappa shape index (κ2) is 11.8. The van der Waals surface area contributed by atoms with E-state index in [1.807, 2.05) is 19.9 Å². The van der Waals surface area contributed by atoms with E-state index in [0.29, 0.717) is 12.3 Å². The Morgan fingerprint density at radius 3 is 2.35 bits per heavy atom. The molecule has 0 aromatic carbocycles. The number of allylic oxidation sites excluding steroid dienone is 1. The molecule has 6 nitrogen and oxygen atoms in total. The van der Waals surface area contributed by atoms with Gasteiger partial charge >= 0.3 is 5.97 Å². The Bertz CT molecular complexity index is 656.